The van der Waals surface area contributed by atoms with E-state index in [2.05, 4.69) is 4.74 Å². The summed E-state index contributed by atoms with van der Waals surface area (Å²) in [5.74, 6) is -1.000. The van der Waals surface area contributed by atoms with Crippen LogP contribution in [0, 0.1) is 6.92 Å². The van der Waals surface area contributed by atoms with Crippen LogP contribution in [0.1, 0.15) is 16.1 Å². The molecule has 0 aliphatic rings. The number of ether oxygens (including phenoxy) is 1. The molecule has 78 valence electrons. The van der Waals surface area contributed by atoms with Gasteiger partial charge in [0.05, 0.1) is 12.5 Å². The molecule has 2 aromatic rings. The van der Waals surface area contributed by atoms with Crippen molar-refractivity contribution in [1.29, 1.82) is 0 Å². The fourth-order valence-corrected chi connectivity index (χ4v) is 1.43. The smallest absolute Gasteiger partial charge is 0.377 e. The second kappa shape index (κ2) is 3.31. The summed E-state index contributed by atoms with van der Waals surface area (Å²) in [5, 5.41) is 10.2. The second-order valence-corrected chi connectivity index (χ2v) is 3.27. The van der Waals surface area contributed by atoms with Gasteiger partial charge >= 0.3 is 5.97 Å². The summed E-state index contributed by atoms with van der Waals surface area (Å²) in [6.45, 7) is 1.89. The molecule has 1 N–H and O–H groups in total. The number of hydrogen-bond acceptors (Lipinski definition) is 4. The molecule has 1 heterocycles. The predicted octanol–water partition coefficient (Wildman–Crippen LogP) is 2.23. The van der Waals surface area contributed by atoms with Gasteiger partial charge in [-0.1, -0.05) is 11.6 Å². The van der Waals surface area contributed by atoms with Gasteiger partial charge in [-0.05, 0) is 19.1 Å². The first-order valence-corrected chi connectivity index (χ1v) is 4.44. The van der Waals surface area contributed by atoms with Gasteiger partial charge in [-0.3, -0.25) is 0 Å². The van der Waals surface area contributed by atoms with Crippen molar-refractivity contribution in [1.82, 2.24) is 0 Å². The molecule has 2 rings (SSSR count). The zero-order chi connectivity index (χ0) is 11.0. The highest BCUT2D eigenvalue weighted by Gasteiger charge is 2.20. The molecular formula is C11H10O4. The Kier molecular flexibility index (Phi) is 2.11. The van der Waals surface area contributed by atoms with Gasteiger partial charge in [-0.25, -0.2) is 4.79 Å². The van der Waals surface area contributed by atoms with Crippen molar-refractivity contribution < 1.29 is 19.1 Å². The third kappa shape index (κ3) is 1.44. The number of hydrogen-bond donors (Lipinski definition) is 1. The lowest BCUT2D eigenvalue weighted by molar-refractivity contribution is 0.0563. The number of aromatic hydroxyl groups is 1. The highest BCUT2D eigenvalue weighted by atomic mass is 16.5. The number of rotatable bonds is 1. The number of benzene rings is 1. The third-order valence-electron chi connectivity index (χ3n) is 2.19. The zero-order valence-electron chi connectivity index (χ0n) is 8.40. The topological polar surface area (TPSA) is 59.7 Å². The molecular weight excluding hydrogens is 196 g/mol. The normalized spacial score (nSPS) is 10.5. The molecule has 1 aromatic carbocycles. The summed E-state index contributed by atoms with van der Waals surface area (Å²) in [4.78, 5) is 11.2. The van der Waals surface area contributed by atoms with E-state index in [0.717, 1.165) is 5.56 Å². The molecule has 0 atom stereocenters. The lowest BCUT2D eigenvalue weighted by Gasteiger charge is -1.93. The molecule has 0 spiro atoms. The van der Waals surface area contributed by atoms with E-state index in [9.17, 15) is 9.90 Å². The molecule has 0 unspecified atom stereocenters. The fraction of sp³-hybridized carbons (Fsp3) is 0.182. The minimum Gasteiger partial charge on any atom is -0.504 e. The Bertz CT molecular complexity index is 525. The van der Waals surface area contributed by atoms with Crippen LogP contribution in [0.5, 0.6) is 5.75 Å². The molecule has 0 bridgehead atoms. The summed E-state index contributed by atoms with van der Waals surface area (Å²) < 4.78 is 9.67. The Morgan fingerprint density at radius 1 is 1.47 bits per heavy atom. The first-order valence-electron chi connectivity index (χ1n) is 4.44. The van der Waals surface area contributed by atoms with Crippen molar-refractivity contribution in [3.05, 3.63) is 29.5 Å². The van der Waals surface area contributed by atoms with Gasteiger partial charge in [0.1, 0.15) is 5.58 Å². The summed E-state index contributed by atoms with van der Waals surface area (Å²) in [5.41, 5.74) is 1.45. The zero-order valence-corrected chi connectivity index (χ0v) is 8.40. The number of fused-ring (bicyclic) bond motifs is 1. The van der Waals surface area contributed by atoms with Crippen LogP contribution in [0.4, 0.5) is 0 Å². The van der Waals surface area contributed by atoms with Gasteiger partial charge in [0.25, 0.3) is 5.76 Å². The van der Waals surface area contributed by atoms with Crippen LogP contribution in [0.25, 0.3) is 11.0 Å². The van der Waals surface area contributed by atoms with Gasteiger partial charge < -0.3 is 14.3 Å². The lowest BCUT2D eigenvalue weighted by Crippen LogP contribution is -1.98. The van der Waals surface area contributed by atoms with Gasteiger partial charge in [-0.2, -0.15) is 0 Å². The maximum Gasteiger partial charge on any atom is 0.377 e. The Morgan fingerprint density at radius 2 is 2.20 bits per heavy atom. The molecule has 0 saturated heterocycles. The van der Waals surface area contributed by atoms with Gasteiger partial charge in [0.15, 0.2) is 5.75 Å². The Labute approximate surface area is 86.1 Å². The monoisotopic (exact) mass is 206 g/mol. The molecule has 0 radical (unpaired) electrons. The van der Waals surface area contributed by atoms with Crippen molar-refractivity contribution in [3.8, 4) is 5.75 Å². The van der Waals surface area contributed by atoms with Crippen LogP contribution in [0.2, 0.25) is 0 Å². The predicted molar refractivity (Wildman–Crippen MR) is 54.0 cm³/mol. The number of esters is 1. The van der Waals surface area contributed by atoms with E-state index in [-0.39, 0.29) is 11.5 Å². The van der Waals surface area contributed by atoms with E-state index < -0.39 is 5.97 Å². The van der Waals surface area contributed by atoms with Crippen LogP contribution >= 0.6 is 0 Å². The van der Waals surface area contributed by atoms with Crippen molar-refractivity contribution >= 4 is 16.9 Å². The molecule has 0 aliphatic carbocycles. The average Bonchev–Trinajstić information content (AvgIpc) is 2.55. The first-order chi connectivity index (χ1) is 7.13. The van der Waals surface area contributed by atoms with Gasteiger partial charge in [-0.15, -0.1) is 0 Å². The standard InChI is InChI=1S/C11H10O4/c1-6-3-4-8-7(5-6)9(12)10(15-8)11(13)14-2/h3-5,12H,1-2H3. The van der Waals surface area contributed by atoms with E-state index >= 15 is 0 Å². The summed E-state index contributed by atoms with van der Waals surface area (Å²) in [6, 6.07) is 5.30. The van der Waals surface area contributed by atoms with E-state index in [4.69, 9.17) is 4.42 Å². The Hall–Kier alpha value is -1.97. The number of furan rings is 1. The summed E-state index contributed by atoms with van der Waals surface area (Å²) in [6.07, 6.45) is 0. The Balaban J connectivity index is 2.69. The van der Waals surface area contributed by atoms with E-state index in [0.29, 0.717) is 11.0 Å². The minimum atomic E-state index is -0.679. The average molecular weight is 206 g/mol. The molecule has 0 amide bonds. The van der Waals surface area contributed by atoms with Crippen molar-refractivity contribution in [3.63, 3.8) is 0 Å². The number of carbonyl (C=O) groups is 1. The molecule has 4 heteroatoms. The maximum absolute atomic E-state index is 11.2. The maximum atomic E-state index is 11.2. The fourth-order valence-electron chi connectivity index (χ4n) is 1.43. The third-order valence-corrected chi connectivity index (χ3v) is 2.19. The van der Waals surface area contributed by atoms with Crippen molar-refractivity contribution in [2.75, 3.05) is 7.11 Å². The van der Waals surface area contributed by atoms with Crippen LogP contribution in [-0.2, 0) is 4.74 Å². The van der Waals surface area contributed by atoms with Gasteiger partial charge in [0, 0.05) is 0 Å². The highest BCUT2D eigenvalue weighted by Crippen LogP contribution is 2.32. The molecule has 1 aromatic heterocycles. The highest BCUT2D eigenvalue weighted by molar-refractivity contribution is 5.98. The summed E-state index contributed by atoms with van der Waals surface area (Å²) in [7, 11) is 1.24. The van der Waals surface area contributed by atoms with Crippen LogP contribution in [-0.4, -0.2) is 18.2 Å². The lowest BCUT2D eigenvalue weighted by atomic mass is 10.2. The van der Waals surface area contributed by atoms with Gasteiger partial charge in [0.2, 0.25) is 0 Å². The second-order valence-electron chi connectivity index (χ2n) is 3.27. The van der Waals surface area contributed by atoms with E-state index in [1.807, 2.05) is 13.0 Å². The van der Waals surface area contributed by atoms with Crippen LogP contribution in [0.15, 0.2) is 22.6 Å². The molecule has 15 heavy (non-hydrogen) atoms. The van der Waals surface area contributed by atoms with Crippen molar-refractivity contribution in [2.45, 2.75) is 6.92 Å². The van der Waals surface area contributed by atoms with E-state index in [1.165, 1.54) is 7.11 Å². The minimum absolute atomic E-state index is 0.155. The quantitative estimate of drug-likeness (QED) is 0.727. The van der Waals surface area contributed by atoms with Crippen LogP contribution in [0.3, 0.4) is 0 Å². The molecule has 0 aliphatic heterocycles. The number of methoxy groups -OCH3 is 1. The molecule has 0 saturated carbocycles. The van der Waals surface area contributed by atoms with Crippen molar-refractivity contribution in [2.24, 2.45) is 0 Å². The number of aryl methyl sites for hydroxylation is 1. The SMILES string of the molecule is COC(=O)c1oc2ccc(C)cc2c1O. The first kappa shape index (κ1) is 9.58. The Morgan fingerprint density at radius 3 is 2.87 bits per heavy atom. The van der Waals surface area contributed by atoms with E-state index in [1.54, 1.807) is 12.1 Å². The summed E-state index contributed by atoms with van der Waals surface area (Å²) >= 11 is 0. The molecule has 0 fully saturated rings. The molecule has 4 nitrogen and oxygen atoms in total. The largest absolute Gasteiger partial charge is 0.504 e. The van der Waals surface area contributed by atoms with Crippen LogP contribution < -0.4 is 0 Å². The number of carbonyl (C=O) groups excluding carboxylic acids is 1.